The molecule has 2 aromatic rings. The molecular formula is C15H20FN3. The van der Waals surface area contributed by atoms with Crippen LogP contribution < -0.4 is 5.73 Å². The van der Waals surface area contributed by atoms with Crippen molar-refractivity contribution in [2.75, 3.05) is 6.54 Å². The Balaban J connectivity index is 2.14. The summed E-state index contributed by atoms with van der Waals surface area (Å²) >= 11 is 0. The molecule has 1 unspecified atom stereocenters. The van der Waals surface area contributed by atoms with Crippen molar-refractivity contribution in [2.45, 2.75) is 44.6 Å². The highest BCUT2D eigenvalue weighted by molar-refractivity contribution is 5.76. The van der Waals surface area contributed by atoms with Gasteiger partial charge in [0.25, 0.3) is 0 Å². The molecule has 0 aliphatic heterocycles. The summed E-state index contributed by atoms with van der Waals surface area (Å²) < 4.78 is 15.7. The van der Waals surface area contributed by atoms with Gasteiger partial charge in [0.05, 0.1) is 11.0 Å². The second-order valence-electron chi connectivity index (χ2n) is 5.43. The van der Waals surface area contributed by atoms with Crippen molar-refractivity contribution < 1.29 is 4.39 Å². The van der Waals surface area contributed by atoms with E-state index in [-0.39, 0.29) is 11.7 Å². The Morgan fingerprint density at radius 2 is 2.26 bits per heavy atom. The minimum Gasteiger partial charge on any atom is -0.330 e. The van der Waals surface area contributed by atoms with Gasteiger partial charge in [-0.25, -0.2) is 9.37 Å². The first-order valence-corrected chi connectivity index (χ1v) is 7.12. The Morgan fingerprint density at radius 3 is 2.89 bits per heavy atom. The van der Waals surface area contributed by atoms with Crippen LogP contribution in [0.4, 0.5) is 4.39 Å². The highest BCUT2D eigenvalue weighted by Crippen LogP contribution is 2.40. The van der Waals surface area contributed by atoms with Crippen LogP contribution in [-0.2, 0) is 0 Å². The van der Waals surface area contributed by atoms with E-state index in [2.05, 4.69) is 11.5 Å². The van der Waals surface area contributed by atoms with Crippen molar-refractivity contribution >= 4 is 11.0 Å². The van der Waals surface area contributed by atoms with Crippen LogP contribution in [0.15, 0.2) is 18.2 Å². The van der Waals surface area contributed by atoms with Gasteiger partial charge in [0.15, 0.2) is 0 Å². The predicted octanol–water partition coefficient (Wildman–Crippen LogP) is 3.35. The number of hydrogen-bond acceptors (Lipinski definition) is 2. The first-order chi connectivity index (χ1) is 9.24. The second kappa shape index (κ2) is 4.93. The third-order valence-corrected chi connectivity index (χ3v) is 3.88. The monoisotopic (exact) mass is 261 g/mol. The van der Waals surface area contributed by atoms with Gasteiger partial charge in [0.1, 0.15) is 11.6 Å². The van der Waals surface area contributed by atoms with E-state index >= 15 is 0 Å². The van der Waals surface area contributed by atoms with E-state index in [0.29, 0.717) is 12.6 Å². The number of aromatic nitrogens is 2. The average molecular weight is 261 g/mol. The first-order valence-electron chi connectivity index (χ1n) is 7.12. The lowest BCUT2D eigenvalue weighted by Crippen LogP contribution is -2.17. The van der Waals surface area contributed by atoms with Crippen molar-refractivity contribution in [2.24, 2.45) is 5.73 Å². The number of benzene rings is 1. The van der Waals surface area contributed by atoms with Crippen LogP contribution in [0, 0.1) is 5.82 Å². The van der Waals surface area contributed by atoms with Crippen molar-refractivity contribution in [1.82, 2.24) is 9.55 Å². The number of nitrogens with zero attached hydrogens (tertiary/aromatic N) is 2. The number of hydrogen-bond donors (Lipinski definition) is 1. The molecule has 2 N–H and O–H groups in total. The minimum atomic E-state index is -0.194. The van der Waals surface area contributed by atoms with Crippen LogP contribution in [0.3, 0.4) is 0 Å². The van der Waals surface area contributed by atoms with Crippen LogP contribution in [0.1, 0.15) is 50.4 Å². The van der Waals surface area contributed by atoms with Crippen molar-refractivity contribution in [3.63, 3.8) is 0 Å². The molecule has 0 spiro atoms. The molecule has 1 heterocycles. The molecule has 1 aromatic heterocycles. The summed E-state index contributed by atoms with van der Waals surface area (Å²) in [7, 11) is 0. The van der Waals surface area contributed by atoms with Crippen LogP contribution in [-0.4, -0.2) is 16.1 Å². The molecule has 1 fully saturated rings. The topological polar surface area (TPSA) is 43.8 Å². The Bertz CT molecular complexity index is 586. The Hall–Kier alpha value is -1.42. The van der Waals surface area contributed by atoms with E-state index in [1.165, 1.54) is 18.9 Å². The zero-order chi connectivity index (χ0) is 13.4. The van der Waals surface area contributed by atoms with Gasteiger partial charge in [0.2, 0.25) is 0 Å². The van der Waals surface area contributed by atoms with Crippen molar-refractivity contribution in [1.29, 1.82) is 0 Å². The van der Waals surface area contributed by atoms with Crippen LogP contribution in [0.5, 0.6) is 0 Å². The minimum absolute atomic E-state index is 0.194. The molecule has 0 amide bonds. The van der Waals surface area contributed by atoms with E-state index in [1.807, 2.05) is 0 Å². The molecular weight excluding hydrogens is 241 g/mol. The molecule has 0 saturated heterocycles. The predicted molar refractivity (Wildman–Crippen MR) is 74.7 cm³/mol. The number of fused-ring (bicyclic) bond motifs is 1. The molecule has 19 heavy (non-hydrogen) atoms. The van der Waals surface area contributed by atoms with Gasteiger partial charge in [-0.1, -0.05) is 13.3 Å². The number of rotatable bonds is 5. The molecule has 102 valence electrons. The molecule has 1 atom stereocenters. The molecule has 3 rings (SSSR count). The fraction of sp³-hybridized carbons (Fsp3) is 0.533. The summed E-state index contributed by atoms with van der Waals surface area (Å²) in [4.78, 5) is 4.72. The maximum absolute atomic E-state index is 13.5. The maximum atomic E-state index is 13.5. The summed E-state index contributed by atoms with van der Waals surface area (Å²) in [6, 6.07) is 5.34. The fourth-order valence-corrected chi connectivity index (χ4v) is 2.79. The SMILES string of the molecule is CCCC(CN)c1nc2ccc(F)cc2n1C1CC1. The molecule has 1 aromatic carbocycles. The van der Waals surface area contributed by atoms with Crippen molar-refractivity contribution in [3.05, 3.63) is 29.8 Å². The van der Waals surface area contributed by atoms with Crippen LogP contribution in [0.25, 0.3) is 11.0 Å². The molecule has 1 saturated carbocycles. The van der Waals surface area contributed by atoms with E-state index < -0.39 is 0 Å². The van der Waals surface area contributed by atoms with E-state index in [0.717, 1.165) is 29.7 Å². The highest BCUT2D eigenvalue weighted by atomic mass is 19.1. The van der Waals surface area contributed by atoms with Gasteiger partial charge in [-0.3, -0.25) is 0 Å². The van der Waals surface area contributed by atoms with Gasteiger partial charge in [-0.2, -0.15) is 0 Å². The quantitative estimate of drug-likeness (QED) is 0.897. The molecule has 1 aliphatic carbocycles. The summed E-state index contributed by atoms with van der Waals surface area (Å²) in [6.07, 6.45) is 4.45. The molecule has 4 heteroatoms. The van der Waals surface area contributed by atoms with Gasteiger partial charge < -0.3 is 10.3 Å². The van der Waals surface area contributed by atoms with E-state index in [1.54, 1.807) is 12.1 Å². The summed E-state index contributed by atoms with van der Waals surface area (Å²) in [5, 5.41) is 0. The largest absolute Gasteiger partial charge is 0.330 e. The van der Waals surface area contributed by atoms with E-state index in [9.17, 15) is 4.39 Å². The molecule has 0 bridgehead atoms. The molecule has 0 radical (unpaired) electrons. The van der Waals surface area contributed by atoms with Crippen LogP contribution in [0.2, 0.25) is 0 Å². The van der Waals surface area contributed by atoms with Gasteiger partial charge in [-0.15, -0.1) is 0 Å². The van der Waals surface area contributed by atoms with Gasteiger partial charge >= 0.3 is 0 Å². The maximum Gasteiger partial charge on any atom is 0.125 e. The zero-order valence-electron chi connectivity index (χ0n) is 11.3. The lowest BCUT2D eigenvalue weighted by molar-refractivity contribution is 0.552. The normalized spacial score (nSPS) is 17.0. The third-order valence-electron chi connectivity index (χ3n) is 3.88. The number of halogens is 1. The van der Waals surface area contributed by atoms with Crippen LogP contribution >= 0.6 is 0 Å². The van der Waals surface area contributed by atoms with Crippen molar-refractivity contribution in [3.8, 4) is 0 Å². The molecule has 3 nitrogen and oxygen atoms in total. The second-order valence-corrected chi connectivity index (χ2v) is 5.43. The smallest absolute Gasteiger partial charge is 0.125 e. The molecule has 1 aliphatic rings. The number of nitrogens with two attached hydrogens (primary N) is 1. The average Bonchev–Trinajstić information content (AvgIpc) is 3.17. The lowest BCUT2D eigenvalue weighted by atomic mass is 10.0. The third kappa shape index (κ3) is 2.25. The fourth-order valence-electron chi connectivity index (χ4n) is 2.79. The highest BCUT2D eigenvalue weighted by Gasteiger charge is 2.30. The lowest BCUT2D eigenvalue weighted by Gasteiger charge is -2.16. The Morgan fingerprint density at radius 1 is 1.47 bits per heavy atom. The summed E-state index contributed by atoms with van der Waals surface area (Å²) in [5.74, 6) is 1.13. The first kappa shape index (κ1) is 12.6. The van der Waals surface area contributed by atoms with Gasteiger partial charge in [0, 0.05) is 18.5 Å². The van der Waals surface area contributed by atoms with Gasteiger partial charge in [-0.05, 0) is 37.5 Å². The standard InChI is InChI=1S/C15H20FN3/c1-2-3-10(9-17)15-18-13-7-4-11(16)8-14(13)19(15)12-5-6-12/h4,7-8,10,12H,2-3,5-6,9,17H2,1H3. The number of imidazole rings is 1. The van der Waals surface area contributed by atoms with E-state index in [4.69, 9.17) is 10.7 Å². The summed E-state index contributed by atoms with van der Waals surface area (Å²) in [5.41, 5.74) is 7.71. The zero-order valence-corrected chi connectivity index (χ0v) is 11.3. The Kier molecular flexibility index (Phi) is 3.27. The summed E-state index contributed by atoms with van der Waals surface area (Å²) in [6.45, 7) is 2.76. The Labute approximate surface area is 112 Å².